The SMILES string of the molecule is Cc1ccc(C(=O)NCCCC(=O)O)cc1-n1c(C)nc(OCc2ccc(F)cc2F)c(Br)c1=O. The van der Waals surface area contributed by atoms with Gasteiger partial charge in [0.05, 0.1) is 5.69 Å². The van der Waals surface area contributed by atoms with E-state index in [0.29, 0.717) is 17.7 Å². The molecule has 1 heterocycles. The summed E-state index contributed by atoms with van der Waals surface area (Å²) < 4.78 is 33.8. The Balaban J connectivity index is 1.86. The summed E-state index contributed by atoms with van der Waals surface area (Å²) in [6, 6.07) is 7.91. The minimum atomic E-state index is -0.944. The number of nitrogens with one attached hydrogen (secondary N) is 1. The minimum absolute atomic E-state index is 0.00598. The summed E-state index contributed by atoms with van der Waals surface area (Å²) in [5, 5.41) is 11.4. The zero-order chi connectivity index (χ0) is 25.7. The number of aromatic nitrogens is 2. The first-order chi connectivity index (χ1) is 16.6. The average Bonchev–Trinajstić information content (AvgIpc) is 2.80. The van der Waals surface area contributed by atoms with Crippen LogP contribution in [0.1, 0.15) is 40.2 Å². The van der Waals surface area contributed by atoms with Crippen LogP contribution in [0.25, 0.3) is 5.69 Å². The number of carbonyl (C=O) groups is 2. The third kappa shape index (κ3) is 6.30. The molecule has 0 aliphatic heterocycles. The molecule has 0 spiro atoms. The molecule has 3 aromatic rings. The van der Waals surface area contributed by atoms with Gasteiger partial charge in [-0.3, -0.25) is 19.0 Å². The van der Waals surface area contributed by atoms with Crippen LogP contribution >= 0.6 is 15.9 Å². The van der Waals surface area contributed by atoms with Crippen LogP contribution in [0.15, 0.2) is 45.7 Å². The van der Waals surface area contributed by atoms with E-state index in [1.165, 1.54) is 10.6 Å². The molecular weight excluding hydrogens is 528 g/mol. The molecule has 1 aromatic heterocycles. The second-order valence-electron chi connectivity index (χ2n) is 7.70. The summed E-state index contributed by atoms with van der Waals surface area (Å²) in [7, 11) is 0. The van der Waals surface area contributed by atoms with E-state index in [1.54, 1.807) is 32.0 Å². The van der Waals surface area contributed by atoms with Crippen molar-refractivity contribution in [3.05, 3.63) is 85.4 Å². The van der Waals surface area contributed by atoms with E-state index in [0.717, 1.165) is 12.1 Å². The van der Waals surface area contributed by atoms with E-state index in [-0.39, 0.29) is 46.9 Å². The van der Waals surface area contributed by atoms with E-state index in [9.17, 15) is 23.2 Å². The fourth-order valence-corrected chi connectivity index (χ4v) is 3.66. The summed E-state index contributed by atoms with van der Waals surface area (Å²) in [5.41, 5.74) is 1.01. The first-order valence-corrected chi connectivity index (χ1v) is 11.3. The topological polar surface area (TPSA) is 111 Å². The van der Waals surface area contributed by atoms with Gasteiger partial charge in [0.1, 0.15) is 28.5 Å². The number of halogens is 3. The van der Waals surface area contributed by atoms with Crippen LogP contribution in [0.3, 0.4) is 0 Å². The van der Waals surface area contributed by atoms with Crippen LogP contribution in [0.4, 0.5) is 8.78 Å². The third-order valence-electron chi connectivity index (χ3n) is 5.11. The Labute approximate surface area is 207 Å². The van der Waals surface area contributed by atoms with E-state index in [2.05, 4.69) is 26.2 Å². The van der Waals surface area contributed by atoms with E-state index in [4.69, 9.17) is 9.84 Å². The average molecular weight is 550 g/mol. The Kier molecular flexibility index (Phi) is 8.34. The highest BCUT2D eigenvalue weighted by atomic mass is 79.9. The van der Waals surface area contributed by atoms with Crippen LogP contribution in [-0.4, -0.2) is 33.1 Å². The van der Waals surface area contributed by atoms with Gasteiger partial charge in [-0.05, 0) is 66.0 Å². The first-order valence-electron chi connectivity index (χ1n) is 10.6. The molecular formula is C24H22BrF2N3O5. The van der Waals surface area contributed by atoms with Crippen LogP contribution in [0, 0.1) is 25.5 Å². The first kappa shape index (κ1) is 26.0. The number of amides is 1. The van der Waals surface area contributed by atoms with E-state index >= 15 is 0 Å². The van der Waals surface area contributed by atoms with Crippen LogP contribution in [0.5, 0.6) is 5.88 Å². The van der Waals surface area contributed by atoms with Crippen LogP contribution in [-0.2, 0) is 11.4 Å². The lowest BCUT2D eigenvalue weighted by molar-refractivity contribution is -0.137. The predicted molar refractivity (Wildman–Crippen MR) is 127 cm³/mol. The fraction of sp³-hybridized carbons (Fsp3) is 0.250. The number of rotatable bonds is 9. The van der Waals surface area contributed by atoms with Crippen molar-refractivity contribution in [3.8, 4) is 11.6 Å². The standard InChI is InChI=1S/C24H22BrF2N3O5/c1-13-5-6-15(22(33)28-9-3-4-20(31)32)10-19(13)30-14(2)29-23(21(25)24(30)34)35-12-16-7-8-17(26)11-18(16)27/h5-8,10-11H,3-4,9,12H2,1-2H3,(H,28,33)(H,31,32). The van der Waals surface area contributed by atoms with Crippen molar-refractivity contribution in [2.24, 2.45) is 0 Å². The van der Waals surface area contributed by atoms with Crippen molar-refractivity contribution >= 4 is 27.8 Å². The molecule has 0 saturated carbocycles. The molecule has 11 heteroatoms. The lowest BCUT2D eigenvalue weighted by Crippen LogP contribution is -2.27. The van der Waals surface area contributed by atoms with Gasteiger partial charge in [0.2, 0.25) is 5.88 Å². The molecule has 0 aliphatic rings. The number of hydrogen-bond acceptors (Lipinski definition) is 5. The minimum Gasteiger partial charge on any atom is -0.481 e. The number of carbonyl (C=O) groups excluding carboxylic acids is 1. The number of aryl methyl sites for hydroxylation is 2. The monoisotopic (exact) mass is 549 g/mol. The zero-order valence-corrected chi connectivity index (χ0v) is 20.5. The summed E-state index contributed by atoms with van der Waals surface area (Å²) in [4.78, 5) is 40.6. The number of benzene rings is 2. The highest BCUT2D eigenvalue weighted by Gasteiger charge is 2.18. The molecule has 8 nitrogen and oxygen atoms in total. The summed E-state index contributed by atoms with van der Waals surface area (Å²) in [6.07, 6.45) is 0.231. The summed E-state index contributed by atoms with van der Waals surface area (Å²) in [5.74, 6) is -2.64. The number of carboxylic acids is 1. The van der Waals surface area contributed by atoms with Gasteiger partial charge in [-0.1, -0.05) is 6.07 Å². The number of carboxylic acid groups (broad SMARTS) is 1. The van der Waals surface area contributed by atoms with Gasteiger partial charge in [0, 0.05) is 30.2 Å². The van der Waals surface area contributed by atoms with Gasteiger partial charge in [-0.2, -0.15) is 4.98 Å². The number of aliphatic carboxylic acids is 1. The van der Waals surface area contributed by atoms with E-state index in [1.807, 2.05) is 0 Å². The Morgan fingerprint density at radius 3 is 2.60 bits per heavy atom. The Morgan fingerprint density at radius 2 is 1.91 bits per heavy atom. The molecule has 0 bridgehead atoms. The Morgan fingerprint density at radius 1 is 1.17 bits per heavy atom. The Hall–Kier alpha value is -3.60. The fourth-order valence-electron chi connectivity index (χ4n) is 3.28. The van der Waals surface area contributed by atoms with Gasteiger partial charge in [-0.15, -0.1) is 0 Å². The van der Waals surface area contributed by atoms with Gasteiger partial charge >= 0.3 is 5.97 Å². The lowest BCUT2D eigenvalue weighted by Gasteiger charge is -2.16. The molecule has 35 heavy (non-hydrogen) atoms. The van der Waals surface area contributed by atoms with Crippen molar-refractivity contribution in [2.75, 3.05) is 6.54 Å². The van der Waals surface area contributed by atoms with Crippen molar-refractivity contribution in [1.82, 2.24) is 14.9 Å². The smallest absolute Gasteiger partial charge is 0.303 e. The molecule has 2 N–H and O–H groups in total. The molecule has 0 radical (unpaired) electrons. The van der Waals surface area contributed by atoms with Gasteiger partial charge in [0.25, 0.3) is 11.5 Å². The number of hydrogen-bond donors (Lipinski definition) is 2. The molecule has 0 fully saturated rings. The summed E-state index contributed by atoms with van der Waals surface area (Å²) >= 11 is 3.19. The molecule has 2 aromatic carbocycles. The van der Waals surface area contributed by atoms with Crippen LogP contribution in [0.2, 0.25) is 0 Å². The van der Waals surface area contributed by atoms with Gasteiger partial charge < -0.3 is 15.2 Å². The third-order valence-corrected chi connectivity index (χ3v) is 5.79. The molecule has 0 aliphatic carbocycles. The van der Waals surface area contributed by atoms with Crippen molar-refractivity contribution in [2.45, 2.75) is 33.3 Å². The molecule has 0 saturated heterocycles. The van der Waals surface area contributed by atoms with Crippen LogP contribution < -0.4 is 15.6 Å². The zero-order valence-electron chi connectivity index (χ0n) is 18.9. The lowest BCUT2D eigenvalue weighted by atomic mass is 10.1. The maximum Gasteiger partial charge on any atom is 0.303 e. The van der Waals surface area contributed by atoms with Gasteiger partial charge in [0.15, 0.2) is 0 Å². The maximum atomic E-state index is 13.9. The van der Waals surface area contributed by atoms with E-state index < -0.39 is 29.1 Å². The molecule has 0 unspecified atom stereocenters. The Bertz CT molecular complexity index is 1340. The molecule has 184 valence electrons. The second-order valence-corrected chi connectivity index (χ2v) is 8.49. The summed E-state index contributed by atoms with van der Waals surface area (Å²) in [6.45, 7) is 3.28. The normalized spacial score (nSPS) is 10.8. The highest BCUT2D eigenvalue weighted by Crippen LogP contribution is 2.24. The largest absolute Gasteiger partial charge is 0.481 e. The molecule has 3 rings (SSSR count). The highest BCUT2D eigenvalue weighted by molar-refractivity contribution is 9.10. The van der Waals surface area contributed by atoms with Crippen molar-refractivity contribution in [3.63, 3.8) is 0 Å². The predicted octanol–water partition coefficient (Wildman–Crippen LogP) is 4.06. The quantitative estimate of drug-likeness (QED) is 0.389. The van der Waals surface area contributed by atoms with Crippen molar-refractivity contribution < 1.29 is 28.2 Å². The second kappa shape index (κ2) is 11.2. The van der Waals surface area contributed by atoms with Crippen molar-refractivity contribution in [1.29, 1.82) is 0 Å². The molecule has 0 atom stereocenters. The molecule has 1 amide bonds. The number of nitrogens with zero attached hydrogens (tertiary/aromatic N) is 2. The maximum absolute atomic E-state index is 13.9. The van der Waals surface area contributed by atoms with Gasteiger partial charge in [-0.25, -0.2) is 8.78 Å². The number of ether oxygens (including phenoxy) is 1.